The third-order valence-corrected chi connectivity index (χ3v) is 3.35. The number of aryl methyl sites for hydroxylation is 1. The Labute approximate surface area is 100 Å². The number of aromatic nitrogens is 1. The zero-order valence-electron chi connectivity index (χ0n) is 10.3. The Morgan fingerprint density at radius 3 is 2.75 bits per heavy atom. The Balaban J connectivity index is 2.33. The average molecular weight is 241 g/mol. The van der Waals surface area contributed by atoms with Crippen molar-refractivity contribution in [2.45, 2.75) is 32.7 Å². The van der Waals surface area contributed by atoms with Crippen LogP contribution in [0.5, 0.6) is 0 Å². The van der Waals surface area contributed by atoms with Crippen molar-refractivity contribution in [1.82, 2.24) is 15.6 Å². The lowest BCUT2D eigenvalue weighted by atomic mass is 10.1. The maximum absolute atomic E-state index is 11.7. The van der Waals surface area contributed by atoms with E-state index in [1.165, 1.54) is 0 Å². The van der Waals surface area contributed by atoms with E-state index >= 15 is 0 Å². The number of hydrogen-bond acceptors (Lipinski definition) is 4. The molecule has 0 saturated carbocycles. The van der Waals surface area contributed by atoms with Crippen LogP contribution < -0.4 is 10.6 Å². The molecule has 1 aromatic heterocycles. The Morgan fingerprint density at radius 1 is 1.56 bits per heavy atom. The first-order valence-corrected chi connectivity index (χ1v) is 6.22. The minimum atomic E-state index is -0.516. The van der Waals surface area contributed by atoms with E-state index in [4.69, 9.17) is 0 Å². The van der Waals surface area contributed by atoms with Gasteiger partial charge in [0.15, 0.2) is 0 Å². The molecule has 4 nitrogen and oxygen atoms in total. The molecule has 0 unspecified atom stereocenters. The van der Waals surface area contributed by atoms with Crippen LogP contribution in [0.2, 0.25) is 0 Å². The van der Waals surface area contributed by atoms with Crippen molar-refractivity contribution in [3.05, 3.63) is 16.1 Å². The molecule has 0 aliphatic rings. The van der Waals surface area contributed by atoms with Crippen LogP contribution in [-0.2, 0) is 11.2 Å². The van der Waals surface area contributed by atoms with Crippen molar-refractivity contribution in [3.63, 3.8) is 0 Å². The fourth-order valence-electron chi connectivity index (χ4n) is 1.16. The summed E-state index contributed by atoms with van der Waals surface area (Å²) < 4.78 is 0. The number of amides is 1. The molecule has 0 radical (unpaired) electrons. The quantitative estimate of drug-likeness (QED) is 0.812. The first-order valence-electron chi connectivity index (χ1n) is 5.34. The molecule has 2 N–H and O–H groups in total. The third kappa shape index (κ3) is 3.57. The van der Waals surface area contributed by atoms with E-state index in [1.807, 2.05) is 26.2 Å². The highest BCUT2D eigenvalue weighted by atomic mass is 32.1. The van der Waals surface area contributed by atoms with Gasteiger partial charge in [0.05, 0.1) is 16.2 Å². The van der Waals surface area contributed by atoms with Gasteiger partial charge in [0.1, 0.15) is 0 Å². The van der Waals surface area contributed by atoms with Crippen LogP contribution in [0.4, 0.5) is 0 Å². The van der Waals surface area contributed by atoms with E-state index in [-0.39, 0.29) is 5.91 Å². The van der Waals surface area contributed by atoms with Gasteiger partial charge in [-0.25, -0.2) is 4.98 Å². The van der Waals surface area contributed by atoms with Gasteiger partial charge in [-0.2, -0.15) is 0 Å². The summed E-state index contributed by atoms with van der Waals surface area (Å²) in [5.41, 5.74) is 0.530. The van der Waals surface area contributed by atoms with Crippen LogP contribution in [0.1, 0.15) is 24.5 Å². The highest BCUT2D eigenvalue weighted by Crippen LogP contribution is 2.08. The predicted octanol–water partition coefficient (Wildman–Crippen LogP) is 1.11. The summed E-state index contributed by atoms with van der Waals surface area (Å²) in [7, 11) is 1.78. The molecular weight excluding hydrogens is 222 g/mol. The molecule has 1 amide bonds. The van der Waals surface area contributed by atoms with Gasteiger partial charge in [-0.1, -0.05) is 0 Å². The van der Waals surface area contributed by atoms with Crippen molar-refractivity contribution in [1.29, 1.82) is 0 Å². The molecule has 0 atom stereocenters. The van der Waals surface area contributed by atoms with Crippen LogP contribution in [-0.4, -0.2) is 30.0 Å². The van der Waals surface area contributed by atoms with Gasteiger partial charge in [0.2, 0.25) is 5.91 Å². The molecule has 5 heteroatoms. The minimum absolute atomic E-state index is 0.0157. The van der Waals surface area contributed by atoms with Crippen LogP contribution >= 0.6 is 11.3 Å². The summed E-state index contributed by atoms with van der Waals surface area (Å²) in [5, 5.41) is 8.96. The van der Waals surface area contributed by atoms with Crippen molar-refractivity contribution < 1.29 is 4.79 Å². The Hall–Kier alpha value is -0.940. The van der Waals surface area contributed by atoms with Gasteiger partial charge in [0.25, 0.3) is 0 Å². The molecule has 0 fully saturated rings. The summed E-state index contributed by atoms with van der Waals surface area (Å²) >= 11 is 1.64. The first kappa shape index (κ1) is 13.1. The van der Waals surface area contributed by atoms with E-state index < -0.39 is 5.54 Å². The number of nitrogens with one attached hydrogen (secondary N) is 2. The SMILES string of the molecule is CNC(C)(C)C(=O)NCCc1csc(C)n1. The summed E-state index contributed by atoms with van der Waals surface area (Å²) in [6.07, 6.45) is 0.788. The largest absolute Gasteiger partial charge is 0.354 e. The van der Waals surface area contributed by atoms with Crippen molar-refractivity contribution in [2.75, 3.05) is 13.6 Å². The molecule has 1 aromatic rings. The second-order valence-electron chi connectivity index (χ2n) is 4.24. The predicted molar refractivity (Wildman–Crippen MR) is 66.7 cm³/mol. The van der Waals surface area contributed by atoms with Crippen LogP contribution in [0.3, 0.4) is 0 Å². The number of hydrogen-bond donors (Lipinski definition) is 2. The summed E-state index contributed by atoms with van der Waals surface area (Å²) in [5.74, 6) is 0.0157. The lowest BCUT2D eigenvalue weighted by Gasteiger charge is -2.22. The molecule has 0 aliphatic carbocycles. The number of rotatable bonds is 5. The second kappa shape index (κ2) is 5.41. The topological polar surface area (TPSA) is 54.0 Å². The van der Waals surface area contributed by atoms with Gasteiger partial charge >= 0.3 is 0 Å². The molecule has 0 aliphatic heterocycles. The molecule has 0 saturated heterocycles. The lowest BCUT2D eigenvalue weighted by molar-refractivity contribution is -0.126. The van der Waals surface area contributed by atoms with E-state index in [1.54, 1.807) is 18.4 Å². The highest BCUT2D eigenvalue weighted by Gasteiger charge is 2.24. The van der Waals surface area contributed by atoms with Gasteiger partial charge in [-0.15, -0.1) is 11.3 Å². The molecule has 0 aromatic carbocycles. The Morgan fingerprint density at radius 2 is 2.25 bits per heavy atom. The number of carbonyl (C=O) groups is 1. The number of thiazole rings is 1. The Bertz CT molecular complexity index is 360. The van der Waals surface area contributed by atoms with Crippen molar-refractivity contribution >= 4 is 17.2 Å². The number of nitrogens with zero attached hydrogens (tertiary/aromatic N) is 1. The molecule has 0 spiro atoms. The van der Waals surface area contributed by atoms with E-state index in [2.05, 4.69) is 15.6 Å². The van der Waals surface area contributed by atoms with Crippen LogP contribution in [0, 0.1) is 6.92 Å². The Kier molecular flexibility index (Phi) is 4.44. The normalized spacial score (nSPS) is 11.5. The lowest BCUT2D eigenvalue weighted by Crippen LogP contribution is -2.51. The minimum Gasteiger partial charge on any atom is -0.354 e. The summed E-state index contributed by atoms with van der Waals surface area (Å²) in [6.45, 7) is 6.33. The zero-order chi connectivity index (χ0) is 12.2. The standard InChI is InChI=1S/C11H19N3OS/c1-8-14-9(7-16-8)5-6-13-10(15)11(2,3)12-4/h7,12H,5-6H2,1-4H3,(H,13,15). The van der Waals surface area contributed by atoms with Gasteiger partial charge in [-0.3, -0.25) is 4.79 Å². The second-order valence-corrected chi connectivity index (χ2v) is 5.30. The number of likely N-dealkylation sites (N-methyl/N-ethyl adjacent to an activating group) is 1. The first-order chi connectivity index (χ1) is 7.45. The van der Waals surface area contributed by atoms with Gasteiger partial charge in [0, 0.05) is 18.3 Å². The fraction of sp³-hybridized carbons (Fsp3) is 0.636. The van der Waals surface area contributed by atoms with Crippen LogP contribution in [0.25, 0.3) is 0 Å². The molecule has 1 heterocycles. The van der Waals surface area contributed by atoms with Crippen LogP contribution in [0.15, 0.2) is 5.38 Å². The zero-order valence-corrected chi connectivity index (χ0v) is 11.1. The van der Waals surface area contributed by atoms with Crippen molar-refractivity contribution in [3.8, 4) is 0 Å². The molecule has 1 rings (SSSR count). The maximum atomic E-state index is 11.7. The van der Waals surface area contributed by atoms with Gasteiger partial charge in [-0.05, 0) is 27.8 Å². The summed E-state index contributed by atoms with van der Waals surface area (Å²) in [6, 6.07) is 0. The van der Waals surface area contributed by atoms with Crippen molar-refractivity contribution in [2.24, 2.45) is 0 Å². The third-order valence-electron chi connectivity index (χ3n) is 2.53. The maximum Gasteiger partial charge on any atom is 0.239 e. The monoisotopic (exact) mass is 241 g/mol. The van der Waals surface area contributed by atoms with E-state index in [0.717, 1.165) is 17.1 Å². The molecular formula is C11H19N3OS. The van der Waals surface area contributed by atoms with Gasteiger partial charge < -0.3 is 10.6 Å². The number of carbonyl (C=O) groups excluding carboxylic acids is 1. The van der Waals surface area contributed by atoms with E-state index in [9.17, 15) is 4.79 Å². The fourth-order valence-corrected chi connectivity index (χ4v) is 1.81. The molecule has 0 bridgehead atoms. The molecule has 90 valence electrons. The average Bonchev–Trinajstić information content (AvgIpc) is 2.64. The smallest absolute Gasteiger partial charge is 0.239 e. The van der Waals surface area contributed by atoms with E-state index in [0.29, 0.717) is 6.54 Å². The molecule has 16 heavy (non-hydrogen) atoms. The summed E-state index contributed by atoms with van der Waals surface area (Å²) in [4.78, 5) is 16.0. The highest BCUT2D eigenvalue weighted by molar-refractivity contribution is 7.09.